The number of hydrogen-bond donors (Lipinski definition) is 3. The van der Waals surface area contributed by atoms with Crippen molar-refractivity contribution in [2.45, 2.75) is 19.8 Å². The molecule has 106 valence electrons. The Morgan fingerprint density at radius 2 is 2.00 bits per heavy atom. The number of carbonyl (C=O) groups is 2. The molecule has 19 heavy (non-hydrogen) atoms. The van der Waals surface area contributed by atoms with Crippen molar-refractivity contribution in [3.05, 3.63) is 11.1 Å². The maximum atomic E-state index is 12.0. The Morgan fingerprint density at radius 3 is 2.47 bits per heavy atom. The first-order valence-corrected chi connectivity index (χ1v) is 6.54. The van der Waals surface area contributed by atoms with Crippen molar-refractivity contribution in [1.82, 2.24) is 10.6 Å². The maximum Gasteiger partial charge on any atom is 0.311 e. The highest BCUT2D eigenvalue weighted by Gasteiger charge is 2.40. The van der Waals surface area contributed by atoms with Crippen molar-refractivity contribution in [1.29, 1.82) is 0 Å². The molecule has 0 aromatic carbocycles. The highest BCUT2D eigenvalue weighted by atomic mass is 16.5. The first-order valence-electron chi connectivity index (χ1n) is 6.54. The zero-order chi connectivity index (χ0) is 13.9. The van der Waals surface area contributed by atoms with Crippen LogP contribution in [-0.4, -0.2) is 49.8 Å². The fourth-order valence-corrected chi connectivity index (χ4v) is 2.29. The summed E-state index contributed by atoms with van der Waals surface area (Å²) < 4.78 is 5.20. The standard InChI is InChI=1S/C13H20N2O4/c1-9(10-6-14-7-10)11(16)15-8-13(12(17)18)2-4-19-5-3-13/h14H,2-8H2,1H3,(H,15,16)(H,17,18). The van der Waals surface area contributed by atoms with E-state index in [-0.39, 0.29) is 12.5 Å². The van der Waals surface area contributed by atoms with Gasteiger partial charge in [0.1, 0.15) is 0 Å². The molecule has 2 heterocycles. The summed E-state index contributed by atoms with van der Waals surface area (Å²) in [6.45, 7) is 4.32. The zero-order valence-corrected chi connectivity index (χ0v) is 11.1. The molecule has 6 nitrogen and oxygen atoms in total. The molecule has 6 heteroatoms. The summed E-state index contributed by atoms with van der Waals surface area (Å²) in [7, 11) is 0. The van der Waals surface area contributed by atoms with E-state index in [1.807, 2.05) is 0 Å². The van der Waals surface area contributed by atoms with Gasteiger partial charge in [-0.05, 0) is 25.3 Å². The summed E-state index contributed by atoms with van der Waals surface area (Å²) in [4.78, 5) is 23.4. The molecule has 0 aliphatic carbocycles. The Morgan fingerprint density at radius 1 is 1.37 bits per heavy atom. The summed E-state index contributed by atoms with van der Waals surface area (Å²) in [6.07, 6.45) is 0.888. The fourth-order valence-electron chi connectivity index (χ4n) is 2.29. The summed E-state index contributed by atoms with van der Waals surface area (Å²) >= 11 is 0. The van der Waals surface area contributed by atoms with Gasteiger partial charge in [-0.1, -0.05) is 0 Å². The molecule has 0 aromatic heterocycles. The quantitative estimate of drug-likeness (QED) is 0.620. The van der Waals surface area contributed by atoms with E-state index in [0.717, 1.165) is 18.7 Å². The van der Waals surface area contributed by atoms with Gasteiger partial charge in [-0.25, -0.2) is 0 Å². The molecule has 0 bridgehead atoms. The fraction of sp³-hybridized carbons (Fsp3) is 0.692. The number of carboxylic acid groups (broad SMARTS) is 1. The minimum absolute atomic E-state index is 0.163. The van der Waals surface area contributed by atoms with Crippen LogP contribution < -0.4 is 10.6 Å². The monoisotopic (exact) mass is 268 g/mol. The van der Waals surface area contributed by atoms with E-state index in [1.54, 1.807) is 6.92 Å². The molecule has 0 aromatic rings. The molecule has 0 saturated carbocycles. The second-order valence-electron chi connectivity index (χ2n) is 5.21. The molecular formula is C13H20N2O4. The number of hydrogen-bond acceptors (Lipinski definition) is 4. The van der Waals surface area contributed by atoms with Crippen molar-refractivity contribution in [2.24, 2.45) is 5.41 Å². The van der Waals surface area contributed by atoms with Crippen molar-refractivity contribution in [2.75, 3.05) is 32.8 Å². The van der Waals surface area contributed by atoms with Crippen molar-refractivity contribution < 1.29 is 19.4 Å². The topological polar surface area (TPSA) is 87.7 Å². The number of amides is 1. The number of nitrogens with one attached hydrogen (secondary N) is 2. The van der Waals surface area contributed by atoms with Crippen LogP contribution in [0, 0.1) is 5.41 Å². The summed E-state index contributed by atoms with van der Waals surface area (Å²) in [5.74, 6) is -1.02. The van der Waals surface area contributed by atoms with Crippen LogP contribution in [0.5, 0.6) is 0 Å². The van der Waals surface area contributed by atoms with E-state index in [9.17, 15) is 14.7 Å². The highest BCUT2D eigenvalue weighted by Crippen LogP contribution is 2.30. The van der Waals surface area contributed by atoms with Gasteiger partial charge in [0.05, 0.1) is 5.41 Å². The third-order valence-electron chi connectivity index (χ3n) is 4.04. The lowest BCUT2D eigenvalue weighted by molar-refractivity contribution is -0.154. The van der Waals surface area contributed by atoms with Crippen LogP contribution in [0.25, 0.3) is 0 Å². The zero-order valence-electron chi connectivity index (χ0n) is 11.1. The molecule has 2 aliphatic rings. The summed E-state index contributed by atoms with van der Waals surface area (Å²) in [6, 6.07) is 0. The van der Waals surface area contributed by atoms with Gasteiger partial charge >= 0.3 is 5.97 Å². The van der Waals surface area contributed by atoms with E-state index in [4.69, 9.17) is 4.74 Å². The summed E-state index contributed by atoms with van der Waals surface area (Å²) in [5, 5.41) is 15.2. The average molecular weight is 268 g/mol. The van der Waals surface area contributed by atoms with Crippen LogP contribution in [0.15, 0.2) is 11.1 Å². The van der Waals surface area contributed by atoms with Gasteiger partial charge in [0, 0.05) is 38.4 Å². The molecular weight excluding hydrogens is 248 g/mol. The van der Waals surface area contributed by atoms with E-state index in [2.05, 4.69) is 10.6 Å². The second kappa shape index (κ2) is 5.71. The molecule has 0 atom stereocenters. The molecule has 2 fully saturated rings. The van der Waals surface area contributed by atoms with Gasteiger partial charge < -0.3 is 20.5 Å². The largest absolute Gasteiger partial charge is 0.481 e. The van der Waals surface area contributed by atoms with E-state index < -0.39 is 11.4 Å². The molecule has 3 N–H and O–H groups in total. The third-order valence-corrected chi connectivity index (χ3v) is 4.04. The lowest BCUT2D eigenvalue weighted by atomic mass is 9.80. The first kappa shape index (κ1) is 14.0. The first-order chi connectivity index (χ1) is 9.05. The smallest absolute Gasteiger partial charge is 0.311 e. The molecule has 2 rings (SSSR count). The second-order valence-corrected chi connectivity index (χ2v) is 5.21. The van der Waals surface area contributed by atoms with Gasteiger partial charge in [-0.15, -0.1) is 0 Å². The Hall–Kier alpha value is -1.40. The average Bonchev–Trinajstić information content (AvgIpc) is 2.34. The van der Waals surface area contributed by atoms with Gasteiger partial charge in [0.15, 0.2) is 0 Å². The molecule has 2 saturated heterocycles. The third kappa shape index (κ3) is 2.96. The van der Waals surface area contributed by atoms with Crippen LogP contribution in [-0.2, 0) is 14.3 Å². The van der Waals surface area contributed by atoms with Gasteiger partial charge in [0.25, 0.3) is 0 Å². The Kier molecular flexibility index (Phi) is 4.21. The van der Waals surface area contributed by atoms with Crippen molar-refractivity contribution in [3.8, 4) is 0 Å². The number of rotatable bonds is 4. The number of carbonyl (C=O) groups excluding carboxylic acids is 1. The van der Waals surface area contributed by atoms with E-state index in [1.165, 1.54) is 0 Å². The molecule has 2 aliphatic heterocycles. The Bertz CT molecular complexity index is 405. The lowest BCUT2D eigenvalue weighted by Crippen LogP contribution is -2.47. The lowest BCUT2D eigenvalue weighted by Gasteiger charge is -2.33. The van der Waals surface area contributed by atoms with Gasteiger partial charge in [-0.3, -0.25) is 9.59 Å². The van der Waals surface area contributed by atoms with Crippen LogP contribution >= 0.6 is 0 Å². The number of carboxylic acids is 1. The predicted molar refractivity (Wildman–Crippen MR) is 68.7 cm³/mol. The van der Waals surface area contributed by atoms with Crippen LogP contribution in [0.2, 0.25) is 0 Å². The maximum absolute atomic E-state index is 12.0. The number of ether oxygens (including phenoxy) is 1. The van der Waals surface area contributed by atoms with Crippen molar-refractivity contribution in [3.63, 3.8) is 0 Å². The molecule has 0 unspecified atom stereocenters. The molecule has 0 spiro atoms. The summed E-state index contributed by atoms with van der Waals surface area (Å²) in [5.41, 5.74) is 0.914. The van der Waals surface area contributed by atoms with Gasteiger partial charge in [0.2, 0.25) is 5.91 Å². The highest BCUT2D eigenvalue weighted by molar-refractivity contribution is 5.94. The Balaban J connectivity index is 1.95. The molecule has 1 amide bonds. The predicted octanol–water partition coefficient (Wildman–Crippen LogP) is -0.0963. The van der Waals surface area contributed by atoms with Crippen LogP contribution in [0.4, 0.5) is 0 Å². The van der Waals surface area contributed by atoms with Crippen LogP contribution in [0.3, 0.4) is 0 Å². The van der Waals surface area contributed by atoms with E-state index >= 15 is 0 Å². The minimum Gasteiger partial charge on any atom is -0.481 e. The number of aliphatic carboxylic acids is 1. The normalized spacial score (nSPS) is 21.4. The molecule has 0 radical (unpaired) electrons. The minimum atomic E-state index is -0.878. The van der Waals surface area contributed by atoms with E-state index in [0.29, 0.717) is 31.6 Å². The van der Waals surface area contributed by atoms with Crippen LogP contribution in [0.1, 0.15) is 19.8 Å². The SMILES string of the molecule is CC(C(=O)NCC1(C(=O)O)CCOCC1)=C1CNC1. The van der Waals surface area contributed by atoms with Crippen molar-refractivity contribution >= 4 is 11.9 Å². The Labute approximate surface area is 112 Å². The van der Waals surface area contributed by atoms with Gasteiger partial charge in [-0.2, -0.15) is 0 Å².